The van der Waals surface area contributed by atoms with Gasteiger partial charge in [-0.15, -0.1) is 11.3 Å². The number of halogens is 1. The van der Waals surface area contributed by atoms with E-state index < -0.39 is 0 Å². The number of rotatable bonds is 7. The molecule has 0 unspecified atom stereocenters. The summed E-state index contributed by atoms with van der Waals surface area (Å²) in [5, 5.41) is 3.47. The minimum Gasteiger partial charge on any atom is -0.296 e. The molecule has 3 rings (SSSR count). The van der Waals surface area contributed by atoms with Crippen LogP contribution in [0, 0.1) is 5.82 Å². The van der Waals surface area contributed by atoms with Gasteiger partial charge in [0.1, 0.15) is 5.82 Å². The highest BCUT2D eigenvalue weighted by molar-refractivity contribution is 7.09. The van der Waals surface area contributed by atoms with E-state index in [-0.39, 0.29) is 5.82 Å². The number of piperazine rings is 1. The van der Waals surface area contributed by atoms with Crippen molar-refractivity contribution in [1.29, 1.82) is 0 Å². The Bertz CT molecular complexity index is 635. The van der Waals surface area contributed by atoms with E-state index in [2.05, 4.69) is 22.1 Å². The highest BCUT2D eigenvalue weighted by Gasteiger charge is 2.18. The van der Waals surface area contributed by atoms with E-state index in [9.17, 15) is 4.39 Å². The maximum atomic E-state index is 13.8. The average Bonchev–Trinajstić information content (AvgIpc) is 3.04. The summed E-state index contributed by atoms with van der Waals surface area (Å²) in [6.07, 6.45) is 3.55. The molecule has 0 amide bonds. The zero-order valence-electron chi connectivity index (χ0n) is 14.4. The standard InChI is InChI=1S/C19H26FN3S/c1-2-3-8-19-21-17(15-24-19)14-23-11-9-22(10-12-23)13-16-6-4-5-7-18(16)20/h4-7,15H,2-3,8-14H2,1H3. The molecule has 2 aromatic rings. The molecule has 0 bridgehead atoms. The second-order valence-electron chi connectivity index (χ2n) is 6.48. The van der Waals surface area contributed by atoms with Gasteiger partial charge in [0.15, 0.2) is 0 Å². The number of nitrogens with zero attached hydrogens (tertiary/aromatic N) is 3. The molecule has 0 radical (unpaired) electrons. The summed E-state index contributed by atoms with van der Waals surface area (Å²) in [4.78, 5) is 9.54. The normalized spacial score (nSPS) is 16.6. The molecule has 0 spiro atoms. The Balaban J connectivity index is 1.45. The third kappa shape index (κ3) is 4.85. The number of benzene rings is 1. The van der Waals surface area contributed by atoms with E-state index in [4.69, 9.17) is 4.98 Å². The van der Waals surface area contributed by atoms with Gasteiger partial charge in [0.2, 0.25) is 0 Å². The lowest BCUT2D eigenvalue weighted by Crippen LogP contribution is -2.45. The van der Waals surface area contributed by atoms with Crippen LogP contribution in [0.1, 0.15) is 36.0 Å². The van der Waals surface area contributed by atoms with Crippen LogP contribution in [-0.4, -0.2) is 41.0 Å². The molecule has 1 aliphatic heterocycles. The number of unbranched alkanes of at least 4 members (excludes halogenated alkanes) is 1. The number of hydrogen-bond acceptors (Lipinski definition) is 4. The first-order chi connectivity index (χ1) is 11.7. The van der Waals surface area contributed by atoms with Crippen molar-refractivity contribution in [2.45, 2.75) is 39.3 Å². The summed E-state index contributed by atoms with van der Waals surface area (Å²) < 4.78 is 13.8. The predicted octanol–water partition coefficient (Wildman–Crippen LogP) is 3.94. The zero-order valence-corrected chi connectivity index (χ0v) is 15.2. The first-order valence-electron chi connectivity index (χ1n) is 8.86. The van der Waals surface area contributed by atoms with Crippen molar-refractivity contribution >= 4 is 11.3 Å². The van der Waals surface area contributed by atoms with Crippen LogP contribution in [-0.2, 0) is 19.5 Å². The van der Waals surface area contributed by atoms with Gasteiger partial charge in [0.25, 0.3) is 0 Å². The van der Waals surface area contributed by atoms with E-state index in [1.165, 1.54) is 23.5 Å². The summed E-state index contributed by atoms with van der Waals surface area (Å²) in [6.45, 7) is 7.89. The smallest absolute Gasteiger partial charge is 0.127 e. The Kier molecular flexibility index (Phi) is 6.35. The van der Waals surface area contributed by atoms with Crippen LogP contribution in [0.5, 0.6) is 0 Å². The van der Waals surface area contributed by atoms with Gasteiger partial charge < -0.3 is 0 Å². The molecule has 2 heterocycles. The van der Waals surface area contributed by atoms with Crippen molar-refractivity contribution in [2.75, 3.05) is 26.2 Å². The molecule has 0 atom stereocenters. The topological polar surface area (TPSA) is 19.4 Å². The molecule has 1 aliphatic rings. The van der Waals surface area contributed by atoms with Crippen LogP contribution >= 0.6 is 11.3 Å². The predicted molar refractivity (Wildman–Crippen MR) is 97.7 cm³/mol. The largest absolute Gasteiger partial charge is 0.296 e. The first kappa shape index (κ1) is 17.5. The SMILES string of the molecule is CCCCc1nc(CN2CCN(Cc3ccccc3F)CC2)cs1. The molecule has 0 aliphatic carbocycles. The number of aromatic nitrogens is 1. The summed E-state index contributed by atoms with van der Waals surface area (Å²) in [6, 6.07) is 7.09. The molecule has 5 heteroatoms. The number of aryl methyl sites for hydroxylation is 1. The van der Waals surface area contributed by atoms with Crippen molar-refractivity contribution in [3.05, 3.63) is 51.7 Å². The van der Waals surface area contributed by atoms with Crippen LogP contribution in [0.2, 0.25) is 0 Å². The fourth-order valence-electron chi connectivity index (χ4n) is 3.07. The highest BCUT2D eigenvalue weighted by atomic mass is 32.1. The molecule has 1 saturated heterocycles. The Morgan fingerprint density at radius 2 is 1.79 bits per heavy atom. The van der Waals surface area contributed by atoms with Gasteiger partial charge >= 0.3 is 0 Å². The Morgan fingerprint density at radius 1 is 1.08 bits per heavy atom. The molecule has 0 N–H and O–H groups in total. The van der Waals surface area contributed by atoms with Crippen LogP contribution in [0.3, 0.4) is 0 Å². The van der Waals surface area contributed by atoms with Gasteiger partial charge in [0, 0.05) is 50.2 Å². The van der Waals surface area contributed by atoms with Crippen molar-refractivity contribution in [2.24, 2.45) is 0 Å². The zero-order chi connectivity index (χ0) is 16.8. The number of hydrogen-bond donors (Lipinski definition) is 0. The van der Waals surface area contributed by atoms with Gasteiger partial charge in [-0.1, -0.05) is 31.5 Å². The summed E-state index contributed by atoms with van der Waals surface area (Å²) in [5.74, 6) is -0.0954. The molecular formula is C19H26FN3S. The fraction of sp³-hybridized carbons (Fsp3) is 0.526. The van der Waals surface area contributed by atoms with E-state index in [0.717, 1.165) is 44.7 Å². The van der Waals surface area contributed by atoms with Gasteiger partial charge in [0.05, 0.1) is 10.7 Å². The average molecular weight is 348 g/mol. The molecule has 0 saturated carbocycles. The minimum atomic E-state index is -0.0954. The summed E-state index contributed by atoms with van der Waals surface area (Å²) >= 11 is 1.79. The molecule has 3 nitrogen and oxygen atoms in total. The molecule has 24 heavy (non-hydrogen) atoms. The van der Waals surface area contributed by atoms with E-state index in [1.807, 2.05) is 12.1 Å². The van der Waals surface area contributed by atoms with Crippen LogP contribution in [0.25, 0.3) is 0 Å². The van der Waals surface area contributed by atoms with Crippen molar-refractivity contribution in [3.8, 4) is 0 Å². The van der Waals surface area contributed by atoms with Crippen molar-refractivity contribution in [1.82, 2.24) is 14.8 Å². The lowest BCUT2D eigenvalue weighted by Gasteiger charge is -2.34. The molecule has 130 valence electrons. The summed E-state index contributed by atoms with van der Waals surface area (Å²) in [7, 11) is 0. The monoisotopic (exact) mass is 347 g/mol. The number of thiazole rings is 1. The molecule has 1 aromatic carbocycles. The summed E-state index contributed by atoms with van der Waals surface area (Å²) in [5.41, 5.74) is 2.00. The maximum Gasteiger partial charge on any atom is 0.127 e. The van der Waals surface area contributed by atoms with Crippen molar-refractivity contribution in [3.63, 3.8) is 0 Å². The lowest BCUT2D eigenvalue weighted by molar-refractivity contribution is 0.120. The quantitative estimate of drug-likeness (QED) is 0.756. The van der Waals surface area contributed by atoms with Crippen LogP contribution in [0.15, 0.2) is 29.6 Å². The highest BCUT2D eigenvalue weighted by Crippen LogP contribution is 2.16. The van der Waals surface area contributed by atoms with Crippen LogP contribution in [0.4, 0.5) is 4.39 Å². The molecule has 1 fully saturated rings. The van der Waals surface area contributed by atoms with Crippen LogP contribution < -0.4 is 0 Å². The van der Waals surface area contributed by atoms with Gasteiger partial charge in [-0.2, -0.15) is 0 Å². The second-order valence-corrected chi connectivity index (χ2v) is 7.42. The second kappa shape index (κ2) is 8.70. The third-order valence-electron chi connectivity index (χ3n) is 4.55. The van der Waals surface area contributed by atoms with Gasteiger partial charge in [-0.05, 0) is 18.9 Å². The van der Waals surface area contributed by atoms with Gasteiger partial charge in [-0.25, -0.2) is 9.37 Å². The maximum absolute atomic E-state index is 13.8. The van der Waals surface area contributed by atoms with E-state index in [0.29, 0.717) is 6.54 Å². The Morgan fingerprint density at radius 3 is 2.50 bits per heavy atom. The lowest BCUT2D eigenvalue weighted by atomic mass is 10.2. The van der Waals surface area contributed by atoms with E-state index >= 15 is 0 Å². The fourth-order valence-corrected chi connectivity index (χ4v) is 3.90. The Hall–Kier alpha value is -1.30. The minimum absolute atomic E-state index is 0.0954. The molecular weight excluding hydrogens is 321 g/mol. The third-order valence-corrected chi connectivity index (χ3v) is 5.50. The van der Waals surface area contributed by atoms with E-state index in [1.54, 1.807) is 23.5 Å². The van der Waals surface area contributed by atoms with Gasteiger partial charge in [-0.3, -0.25) is 9.80 Å². The molecule has 1 aromatic heterocycles. The Labute approximate surface area is 148 Å². The first-order valence-corrected chi connectivity index (χ1v) is 9.74. The van der Waals surface area contributed by atoms with Crippen molar-refractivity contribution < 1.29 is 4.39 Å².